The van der Waals surface area contributed by atoms with Gasteiger partial charge in [0.05, 0.1) is 11.4 Å². The number of hydrogen-bond donors (Lipinski definition) is 0. The maximum Gasteiger partial charge on any atom is 0.244 e. The van der Waals surface area contributed by atoms with E-state index in [1.807, 2.05) is 0 Å². The zero-order valence-electron chi connectivity index (χ0n) is 14.5. The quantitative estimate of drug-likeness (QED) is 0.689. The molecule has 0 saturated carbocycles. The van der Waals surface area contributed by atoms with Gasteiger partial charge in [0.15, 0.2) is 0 Å². The normalized spacial score (nSPS) is 15.6. The third-order valence-corrected chi connectivity index (χ3v) is 7.46. The fourth-order valence-electron chi connectivity index (χ4n) is 2.96. The molecule has 0 bridgehead atoms. The van der Waals surface area contributed by atoms with Gasteiger partial charge in [-0.05, 0) is 30.3 Å². The van der Waals surface area contributed by atoms with Crippen LogP contribution in [0.5, 0.6) is 0 Å². The molecular weight excluding hydrogens is 450 g/mol. The van der Waals surface area contributed by atoms with E-state index in [0.717, 1.165) is 0 Å². The molecule has 2 aromatic rings. The van der Waals surface area contributed by atoms with Crippen LogP contribution in [0.4, 0.5) is 4.39 Å². The summed E-state index contributed by atoms with van der Waals surface area (Å²) in [6, 6.07) is 8.47. The molecule has 0 N–H and O–H groups in total. The van der Waals surface area contributed by atoms with Crippen molar-refractivity contribution in [3.63, 3.8) is 0 Å². The maximum absolute atomic E-state index is 13.9. The minimum Gasteiger partial charge on any atom is -0.340 e. The SMILES string of the molecule is O=C(Cc1c(F)cccc1Cl)N1CCN(S(=O)(=O)c2cc(Cl)ccc2Cl)CC1. The minimum atomic E-state index is -3.84. The Labute approximate surface area is 177 Å². The van der Waals surface area contributed by atoms with Gasteiger partial charge in [0.25, 0.3) is 0 Å². The van der Waals surface area contributed by atoms with Crippen LogP contribution >= 0.6 is 34.8 Å². The predicted octanol–water partition coefficient (Wildman–Crippen LogP) is 3.86. The molecule has 0 aliphatic carbocycles. The average Bonchev–Trinajstić information content (AvgIpc) is 2.66. The molecule has 1 heterocycles. The number of halogens is 4. The number of carbonyl (C=O) groups is 1. The predicted molar refractivity (Wildman–Crippen MR) is 107 cm³/mol. The van der Waals surface area contributed by atoms with E-state index >= 15 is 0 Å². The number of benzene rings is 2. The largest absolute Gasteiger partial charge is 0.340 e. The molecule has 5 nitrogen and oxygen atoms in total. The summed E-state index contributed by atoms with van der Waals surface area (Å²) < 4.78 is 40.8. The summed E-state index contributed by atoms with van der Waals surface area (Å²) in [6.45, 7) is 0.564. The lowest BCUT2D eigenvalue weighted by Gasteiger charge is -2.34. The standard InChI is InChI=1S/C18H16Cl3FN2O3S/c19-12-4-5-15(21)17(10-12)28(26,27)24-8-6-23(7-9-24)18(25)11-13-14(20)2-1-3-16(13)22/h1-5,10H,6-9,11H2. The van der Waals surface area contributed by atoms with Gasteiger partial charge < -0.3 is 4.90 Å². The summed E-state index contributed by atoms with van der Waals surface area (Å²) in [7, 11) is -3.84. The lowest BCUT2D eigenvalue weighted by atomic mass is 10.1. The van der Waals surface area contributed by atoms with Crippen molar-refractivity contribution in [2.24, 2.45) is 0 Å². The number of piperazine rings is 1. The van der Waals surface area contributed by atoms with E-state index < -0.39 is 15.8 Å². The molecule has 1 aliphatic heterocycles. The van der Waals surface area contributed by atoms with Crippen LogP contribution in [0, 0.1) is 5.82 Å². The Morgan fingerprint density at radius 3 is 2.32 bits per heavy atom. The Kier molecular flexibility index (Phi) is 6.51. The Hall–Kier alpha value is -1.38. The van der Waals surface area contributed by atoms with Crippen LogP contribution in [0.25, 0.3) is 0 Å². The Bertz CT molecular complexity index is 989. The first kappa shape index (κ1) is 21.3. The summed E-state index contributed by atoms with van der Waals surface area (Å²) in [6.07, 6.45) is -0.182. The lowest BCUT2D eigenvalue weighted by molar-refractivity contribution is -0.131. The van der Waals surface area contributed by atoms with Gasteiger partial charge in [0.2, 0.25) is 15.9 Å². The molecule has 3 rings (SSSR count). The average molecular weight is 466 g/mol. The first-order valence-corrected chi connectivity index (χ1v) is 10.9. The van der Waals surface area contributed by atoms with E-state index in [2.05, 4.69) is 0 Å². The molecule has 0 unspecified atom stereocenters. The highest BCUT2D eigenvalue weighted by Crippen LogP contribution is 2.28. The Morgan fingerprint density at radius 1 is 1.00 bits per heavy atom. The molecule has 0 atom stereocenters. The van der Waals surface area contributed by atoms with E-state index in [1.54, 1.807) is 0 Å². The molecule has 10 heteroatoms. The second kappa shape index (κ2) is 8.55. The molecule has 1 aliphatic rings. The van der Waals surface area contributed by atoms with Crippen LogP contribution in [0.1, 0.15) is 5.56 Å². The van der Waals surface area contributed by atoms with Crippen molar-refractivity contribution in [3.8, 4) is 0 Å². The zero-order valence-corrected chi connectivity index (χ0v) is 17.6. The third kappa shape index (κ3) is 4.44. The molecule has 2 aromatic carbocycles. The second-order valence-electron chi connectivity index (χ2n) is 6.24. The Morgan fingerprint density at radius 2 is 1.68 bits per heavy atom. The molecule has 28 heavy (non-hydrogen) atoms. The first-order chi connectivity index (χ1) is 13.2. The van der Waals surface area contributed by atoms with Crippen molar-refractivity contribution >= 4 is 50.7 Å². The monoisotopic (exact) mass is 464 g/mol. The number of sulfonamides is 1. The zero-order chi connectivity index (χ0) is 20.5. The smallest absolute Gasteiger partial charge is 0.244 e. The van der Waals surface area contributed by atoms with Crippen molar-refractivity contribution in [2.75, 3.05) is 26.2 Å². The van der Waals surface area contributed by atoms with E-state index in [1.165, 1.54) is 45.6 Å². The Balaban J connectivity index is 1.69. The van der Waals surface area contributed by atoms with Gasteiger partial charge in [-0.3, -0.25) is 4.79 Å². The number of amides is 1. The van der Waals surface area contributed by atoms with E-state index in [9.17, 15) is 17.6 Å². The molecule has 1 saturated heterocycles. The topological polar surface area (TPSA) is 57.7 Å². The van der Waals surface area contributed by atoms with Crippen LogP contribution in [0.15, 0.2) is 41.3 Å². The summed E-state index contributed by atoms with van der Waals surface area (Å²) in [5, 5.41) is 0.529. The highest BCUT2D eigenvalue weighted by Gasteiger charge is 2.32. The summed E-state index contributed by atoms with van der Waals surface area (Å²) in [5.41, 5.74) is 0.134. The van der Waals surface area contributed by atoms with Gasteiger partial charge >= 0.3 is 0 Å². The molecule has 1 fully saturated rings. The van der Waals surface area contributed by atoms with Gasteiger partial charge in [-0.2, -0.15) is 4.31 Å². The van der Waals surface area contributed by atoms with Crippen molar-refractivity contribution in [2.45, 2.75) is 11.3 Å². The van der Waals surface area contributed by atoms with E-state index in [0.29, 0.717) is 0 Å². The van der Waals surface area contributed by atoms with Crippen LogP contribution in [-0.2, 0) is 21.2 Å². The van der Waals surface area contributed by atoms with Gasteiger partial charge in [-0.1, -0.05) is 40.9 Å². The lowest BCUT2D eigenvalue weighted by Crippen LogP contribution is -2.50. The first-order valence-electron chi connectivity index (χ1n) is 8.36. The summed E-state index contributed by atoms with van der Waals surface area (Å²) in [5.74, 6) is -0.859. The van der Waals surface area contributed by atoms with Crippen molar-refractivity contribution in [1.29, 1.82) is 0 Å². The fraction of sp³-hybridized carbons (Fsp3) is 0.278. The molecular formula is C18H16Cl3FN2O3S. The van der Waals surface area contributed by atoms with E-state index in [-0.39, 0.29) is 64.0 Å². The number of rotatable bonds is 4. The van der Waals surface area contributed by atoms with Gasteiger partial charge in [0.1, 0.15) is 10.7 Å². The summed E-state index contributed by atoms with van der Waals surface area (Å²) in [4.78, 5) is 13.9. The van der Waals surface area contributed by atoms with Crippen LogP contribution in [0.2, 0.25) is 15.1 Å². The molecule has 1 amide bonds. The van der Waals surface area contributed by atoms with E-state index in [4.69, 9.17) is 34.8 Å². The van der Waals surface area contributed by atoms with Gasteiger partial charge in [-0.15, -0.1) is 0 Å². The number of carbonyl (C=O) groups excluding carboxylic acids is 1. The van der Waals surface area contributed by atoms with Crippen LogP contribution in [-0.4, -0.2) is 49.7 Å². The second-order valence-corrected chi connectivity index (χ2v) is 9.39. The minimum absolute atomic E-state index is 0.0698. The molecule has 0 aromatic heterocycles. The highest BCUT2D eigenvalue weighted by molar-refractivity contribution is 7.89. The summed E-state index contributed by atoms with van der Waals surface area (Å²) >= 11 is 17.9. The van der Waals surface area contributed by atoms with Crippen LogP contribution in [0.3, 0.4) is 0 Å². The molecule has 0 spiro atoms. The molecule has 150 valence electrons. The van der Waals surface area contributed by atoms with Crippen molar-refractivity contribution in [1.82, 2.24) is 9.21 Å². The van der Waals surface area contributed by atoms with Crippen LogP contribution < -0.4 is 0 Å². The maximum atomic E-state index is 13.9. The fourth-order valence-corrected chi connectivity index (χ4v) is 5.35. The number of nitrogens with zero attached hydrogens (tertiary/aromatic N) is 2. The van der Waals surface area contributed by atoms with Gasteiger partial charge in [0, 0.05) is 41.8 Å². The highest BCUT2D eigenvalue weighted by atomic mass is 35.5. The number of hydrogen-bond acceptors (Lipinski definition) is 3. The van der Waals surface area contributed by atoms with Crippen molar-refractivity contribution in [3.05, 3.63) is 62.8 Å². The van der Waals surface area contributed by atoms with Gasteiger partial charge in [-0.25, -0.2) is 12.8 Å². The molecule has 0 radical (unpaired) electrons. The third-order valence-electron chi connectivity index (χ3n) is 4.49. The van der Waals surface area contributed by atoms with Crippen molar-refractivity contribution < 1.29 is 17.6 Å².